The highest BCUT2D eigenvalue weighted by molar-refractivity contribution is 6.28. The third kappa shape index (κ3) is 1.65. The lowest BCUT2D eigenvalue weighted by molar-refractivity contribution is 0.0947. The summed E-state index contributed by atoms with van der Waals surface area (Å²) >= 11 is 0. The molecule has 1 heterocycles. The van der Waals surface area contributed by atoms with Gasteiger partial charge in [0.1, 0.15) is 5.58 Å². The molecule has 0 unspecified atom stereocenters. The first kappa shape index (κ1) is 11.9. The molecule has 1 aromatic carbocycles. The summed E-state index contributed by atoms with van der Waals surface area (Å²) < 4.78 is 5.59. The van der Waals surface area contributed by atoms with E-state index in [0.29, 0.717) is 22.1 Å². The van der Waals surface area contributed by atoms with Crippen LogP contribution in [0.2, 0.25) is 0 Å². The zero-order chi connectivity index (χ0) is 13.8. The number of allylic oxidation sites excluding steroid dienone is 2. The van der Waals surface area contributed by atoms with Gasteiger partial charge < -0.3 is 4.42 Å². The number of para-hydroxylation sites is 1. The summed E-state index contributed by atoms with van der Waals surface area (Å²) in [6, 6.07) is 7.23. The first-order chi connectivity index (χ1) is 8.89. The molecule has 96 valence electrons. The quantitative estimate of drug-likeness (QED) is 0.718. The van der Waals surface area contributed by atoms with E-state index in [1.165, 1.54) is 6.08 Å². The van der Waals surface area contributed by atoms with Crippen LogP contribution in [0.5, 0.6) is 0 Å². The van der Waals surface area contributed by atoms with Gasteiger partial charge in [-0.05, 0) is 17.6 Å². The Morgan fingerprint density at radius 2 is 1.74 bits per heavy atom. The van der Waals surface area contributed by atoms with Crippen molar-refractivity contribution >= 4 is 22.5 Å². The molecule has 2 aromatic rings. The summed E-state index contributed by atoms with van der Waals surface area (Å²) in [4.78, 5) is 24.7. The van der Waals surface area contributed by atoms with Gasteiger partial charge in [0, 0.05) is 11.0 Å². The van der Waals surface area contributed by atoms with Crippen LogP contribution in [0.15, 0.2) is 40.3 Å². The highest BCUT2D eigenvalue weighted by Gasteiger charge is 2.36. The Morgan fingerprint density at radius 3 is 2.42 bits per heavy atom. The first-order valence-electron chi connectivity index (χ1n) is 6.22. The van der Waals surface area contributed by atoms with Crippen molar-refractivity contribution < 1.29 is 14.0 Å². The van der Waals surface area contributed by atoms with E-state index in [9.17, 15) is 9.59 Å². The molecule has 0 amide bonds. The van der Waals surface area contributed by atoms with Crippen molar-refractivity contribution in [3.63, 3.8) is 0 Å². The number of carbonyl (C=O) groups excluding carboxylic acids is 2. The molecule has 0 N–H and O–H groups in total. The largest absolute Gasteiger partial charge is 0.452 e. The van der Waals surface area contributed by atoms with Gasteiger partial charge in [-0.1, -0.05) is 39.0 Å². The Bertz CT molecular complexity index is 739. The number of furan rings is 1. The van der Waals surface area contributed by atoms with Crippen LogP contribution >= 0.6 is 0 Å². The monoisotopic (exact) mass is 254 g/mol. The summed E-state index contributed by atoms with van der Waals surface area (Å²) in [7, 11) is 0. The van der Waals surface area contributed by atoms with Crippen LogP contribution in [0.4, 0.5) is 0 Å². The van der Waals surface area contributed by atoms with Crippen LogP contribution in [-0.2, 0) is 0 Å². The Morgan fingerprint density at radius 1 is 1.05 bits per heavy atom. The third-order valence-corrected chi connectivity index (χ3v) is 3.38. The summed E-state index contributed by atoms with van der Waals surface area (Å²) in [6.07, 6.45) is 1.45. The van der Waals surface area contributed by atoms with Gasteiger partial charge >= 0.3 is 0 Å². The maximum absolute atomic E-state index is 12.5. The van der Waals surface area contributed by atoms with Crippen LogP contribution in [0.1, 0.15) is 41.7 Å². The summed E-state index contributed by atoms with van der Waals surface area (Å²) in [5, 5.41) is 0.708. The molecule has 0 bridgehead atoms. The predicted octanol–water partition coefficient (Wildman–Crippen LogP) is 3.78. The van der Waals surface area contributed by atoms with Crippen molar-refractivity contribution in [1.82, 2.24) is 0 Å². The second kappa shape index (κ2) is 3.67. The van der Waals surface area contributed by atoms with Gasteiger partial charge in [-0.15, -0.1) is 0 Å². The fourth-order valence-electron chi connectivity index (χ4n) is 2.40. The van der Waals surface area contributed by atoms with Crippen LogP contribution in [0.3, 0.4) is 0 Å². The van der Waals surface area contributed by atoms with E-state index in [0.717, 1.165) is 0 Å². The minimum atomic E-state index is -0.372. The van der Waals surface area contributed by atoms with Crippen molar-refractivity contribution in [2.45, 2.75) is 20.8 Å². The van der Waals surface area contributed by atoms with Gasteiger partial charge in [0.15, 0.2) is 11.5 Å². The number of benzene rings is 1. The average Bonchev–Trinajstić information content (AvgIpc) is 2.72. The molecule has 1 aliphatic carbocycles. The van der Waals surface area contributed by atoms with E-state index in [4.69, 9.17) is 4.42 Å². The van der Waals surface area contributed by atoms with E-state index in [-0.39, 0.29) is 22.7 Å². The molecule has 0 spiro atoms. The Labute approximate surface area is 110 Å². The second-order valence-electron chi connectivity index (χ2n) is 5.80. The molecule has 3 heteroatoms. The van der Waals surface area contributed by atoms with Crippen molar-refractivity contribution in [3.05, 3.63) is 47.2 Å². The summed E-state index contributed by atoms with van der Waals surface area (Å²) in [6.45, 7) is 5.74. The number of Topliss-reactive ketones (excluding diaryl/α,β-unsaturated/α-hetero) is 1. The average molecular weight is 254 g/mol. The molecule has 0 atom stereocenters. The number of hydrogen-bond acceptors (Lipinski definition) is 3. The lowest BCUT2D eigenvalue weighted by Gasteiger charge is -2.23. The molecule has 0 saturated carbocycles. The van der Waals surface area contributed by atoms with Crippen molar-refractivity contribution in [3.8, 4) is 0 Å². The minimum Gasteiger partial charge on any atom is -0.452 e. The van der Waals surface area contributed by atoms with Gasteiger partial charge in [0.25, 0.3) is 0 Å². The fraction of sp³-hybridized carbons (Fsp3) is 0.250. The van der Waals surface area contributed by atoms with Crippen molar-refractivity contribution in [1.29, 1.82) is 0 Å². The second-order valence-corrected chi connectivity index (χ2v) is 5.80. The molecular weight excluding hydrogens is 240 g/mol. The zero-order valence-electron chi connectivity index (χ0n) is 11.1. The molecule has 1 aliphatic rings. The third-order valence-electron chi connectivity index (χ3n) is 3.38. The molecule has 0 saturated heterocycles. The maximum Gasteiger partial charge on any atom is 0.225 e. The molecule has 1 aromatic heterocycles. The van der Waals surface area contributed by atoms with E-state index < -0.39 is 0 Å². The van der Waals surface area contributed by atoms with Crippen molar-refractivity contribution in [2.24, 2.45) is 5.41 Å². The van der Waals surface area contributed by atoms with E-state index in [2.05, 4.69) is 0 Å². The molecule has 0 radical (unpaired) electrons. The molecule has 3 nitrogen and oxygen atoms in total. The molecule has 0 fully saturated rings. The predicted molar refractivity (Wildman–Crippen MR) is 72.4 cm³/mol. The Hall–Kier alpha value is -2.16. The lowest BCUT2D eigenvalue weighted by Crippen LogP contribution is -2.24. The zero-order valence-corrected chi connectivity index (χ0v) is 11.1. The Balaban J connectivity index is 2.29. The smallest absolute Gasteiger partial charge is 0.225 e. The normalized spacial score (nSPS) is 15.6. The molecule has 19 heavy (non-hydrogen) atoms. The highest BCUT2D eigenvalue weighted by Crippen LogP contribution is 2.37. The molecule has 0 aliphatic heterocycles. The van der Waals surface area contributed by atoms with Gasteiger partial charge in [0.05, 0.1) is 5.56 Å². The SMILES string of the molecule is CC(C)(C)C1=CC(=O)c2c(oc3ccccc23)C1=O. The topological polar surface area (TPSA) is 47.3 Å². The maximum atomic E-state index is 12.5. The standard InChI is InChI=1S/C16H14O3/c1-16(2,3)10-8-11(17)13-9-6-4-5-7-12(9)19-15(13)14(10)18/h4-8H,1-3H3. The van der Waals surface area contributed by atoms with E-state index in [1.54, 1.807) is 12.1 Å². The van der Waals surface area contributed by atoms with Crippen LogP contribution in [-0.4, -0.2) is 11.6 Å². The van der Waals surface area contributed by atoms with Gasteiger partial charge in [-0.25, -0.2) is 0 Å². The van der Waals surface area contributed by atoms with E-state index in [1.807, 2.05) is 32.9 Å². The van der Waals surface area contributed by atoms with Gasteiger partial charge in [-0.3, -0.25) is 9.59 Å². The van der Waals surface area contributed by atoms with Crippen LogP contribution in [0.25, 0.3) is 11.0 Å². The fourth-order valence-corrected chi connectivity index (χ4v) is 2.40. The van der Waals surface area contributed by atoms with Crippen LogP contribution < -0.4 is 0 Å². The van der Waals surface area contributed by atoms with Gasteiger partial charge in [0.2, 0.25) is 5.78 Å². The number of ketones is 2. The molecule has 3 rings (SSSR count). The number of hydrogen-bond donors (Lipinski definition) is 0. The lowest BCUT2D eigenvalue weighted by atomic mass is 9.79. The first-order valence-corrected chi connectivity index (χ1v) is 6.22. The minimum absolute atomic E-state index is 0.149. The highest BCUT2D eigenvalue weighted by atomic mass is 16.3. The Kier molecular flexibility index (Phi) is 2.30. The van der Waals surface area contributed by atoms with E-state index >= 15 is 0 Å². The van der Waals surface area contributed by atoms with Crippen LogP contribution in [0, 0.1) is 5.41 Å². The molecular formula is C16H14O3. The number of rotatable bonds is 0. The summed E-state index contributed by atoms with van der Waals surface area (Å²) in [5.41, 5.74) is 1.11. The van der Waals surface area contributed by atoms with Crippen molar-refractivity contribution in [2.75, 3.05) is 0 Å². The number of fused-ring (bicyclic) bond motifs is 3. The van der Waals surface area contributed by atoms with Gasteiger partial charge in [-0.2, -0.15) is 0 Å². The number of carbonyl (C=O) groups is 2. The summed E-state index contributed by atoms with van der Waals surface area (Å²) in [5.74, 6) is -0.151.